The Hall–Kier alpha value is -2.69. The number of hydrogen-bond acceptors (Lipinski definition) is 3. The summed E-state index contributed by atoms with van der Waals surface area (Å²) < 4.78 is 5.42. The van der Waals surface area contributed by atoms with E-state index in [-0.39, 0.29) is 6.03 Å². The topological polar surface area (TPSA) is 44.8 Å². The molecule has 2 aromatic carbocycles. The van der Waals surface area contributed by atoms with E-state index in [0.717, 1.165) is 30.2 Å². The van der Waals surface area contributed by atoms with Crippen LogP contribution in [0, 0.1) is 0 Å². The van der Waals surface area contributed by atoms with Crippen LogP contribution in [0.3, 0.4) is 0 Å². The third kappa shape index (κ3) is 3.56. The second kappa shape index (κ2) is 7.05. The van der Waals surface area contributed by atoms with Gasteiger partial charge in [0.25, 0.3) is 0 Å². The van der Waals surface area contributed by atoms with Crippen LogP contribution in [0.5, 0.6) is 5.75 Å². The quantitative estimate of drug-likeness (QED) is 0.947. The van der Waals surface area contributed by atoms with Crippen molar-refractivity contribution in [1.82, 2.24) is 4.90 Å². The highest BCUT2D eigenvalue weighted by Gasteiger charge is 2.22. The lowest BCUT2D eigenvalue weighted by Crippen LogP contribution is -2.50. The molecule has 5 heteroatoms. The summed E-state index contributed by atoms with van der Waals surface area (Å²) in [7, 11) is 1.68. The van der Waals surface area contributed by atoms with Crippen molar-refractivity contribution in [2.24, 2.45) is 0 Å². The Kier molecular flexibility index (Phi) is 4.66. The van der Waals surface area contributed by atoms with Gasteiger partial charge < -0.3 is 19.9 Å². The molecule has 0 radical (unpaired) electrons. The molecule has 1 aliphatic heterocycles. The van der Waals surface area contributed by atoms with Crippen molar-refractivity contribution in [2.45, 2.75) is 0 Å². The number of carbonyl (C=O) groups excluding carboxylic acids is 1. The summed E-state index contributed by atoms with van der Waals surface area (Å²) in [5.41, 5.74) is 1.91. The maximum atomic E-state index is 12.3. The molecule has 1 fully saturated rings. The van der Waals surface area contributed by atoms with Crippen molar-refractivity contribution in [2.75, 3.05) is 43.5 Å². The fraction of sp³-hybridized carbons (Fsp3) is 0.278. The van der Waals surface area contributed by atoms with Crippen LogP contribution in [0.1, 0.15) is 0 Å². The van der Waals surface area contributed by atoms with Crippen LogP contribution in [0.2, 0.25) is 0 Å². The number of ether oxygens (including phenoxy) is 1. The summed E-state index contributed by atoms with van der Waals surface area (Å²) >= 11 is 0. The monoisotopic (exact) mass is 311 g/mol. The third-order valence-corrected chi connectivity index (χ3v) is 4.02. The second-order valence-corrected chi connectivity index (χ2v) is 5.44. The molecular formula is C18H21N3O2. The van der Waals surface area contributed by atoms with Crippen LogP contribution in [0.15, 0.2) is 54.6 Å². The van der Waals surface area contributed by atoms with E-state index in [1.165, 1.54) is 0 Å². The van der Waals surface area contributed by atoms with Crippen LogP contribution >= 0.6 is 0 Å². The smallest absolute Gasteiger partial charge is 0.321 e. The van der Waals surface area contributed by atoms with Gasteiger partial charge in [-0.05, 0) is 24.3 Å². The largest absolute Gasteiger partial charge is 0.495 e. The van der Waals surface area contributed by atoms with Gasteiger partial charge in [-0.2, -0.15) is 0 Å². The maximum absolute atomic E-state index is 12.3. The zero-order chi connectivity index (χ0) is 16.1. The van der Waals surface area contributed by atoms with Crippen LogP contribution < -0.4 is 15.0 Å². The Labute approximate surface area is 136 Å². The number of hydrogen-bond donors (Lipinski definition) is 1. The fourth-order valence-electron chi connectivity index (χ4n) is 2.77. The molecule has 0 aliphatic carbocycles. The number of amides is 2. The highest BCUT2D eigenvalue weighted by Crippen LogP contribution is 2.28. The summed E-state index contributed by atoms with van der Waals surface area (Å²) in [4.78, 5) is 16.4. The maximum Gasteiger partial charge on any atom is 0.321 e. The Balaban J connectivity index is 1.59. The summed E-state index contributed by atoms with van der Waals surface area (Å²) in [5.74, 6) is 0.870. The average molecular weight is 311 g/mol. The molecular weight excluding hydrogens is 290 g/mol. The van der Waals surface area contributed by atoms with Gasteiger partial charge in [0.1, 0.15) is 5.75 Å². The molecule has 2 amide bonds. The van der Waals surface area contributed by atoms with E-state index in [0.29, 0.717) is 13.1 Å². The van der Waals surface area contributed by atoms with Crippen molar-refractivity contribution in [3.05, 3.63) is 54.6 Å². The average Bonchev–Trinajstić information content (AvgIpc) is 2.62. The number of methoxy groups -OCH3 is 1. The first-order valence-electron chi connectivity index (χ1n) is 7.77. The Morgan fingerprint density at radius 1 is 0.957 bits per heavy atom. The zero-order valence-electron chi connectivity index (χ0n) is 13.2. The molecule has 0 aromatic heterocycles. The first-order valence-corrected chi connectivity index (χ1v) is 7.77. The predicted octanol–water partition coefficient (Wildman–Crippen LogP) is 3.05. The highest BCUT2D eigenvalue weighted by atomic mass is 16.5. The van der Waals surface area contributed by atoms with Crippen molar-refractivity contribution in [3.63, 3.8) is 0 Å². The van der Waals surface area contributed by atoms with Gasteiger partial charge in [0.15, 0.2) is 0 Å². The number of piperazine rings is 1. The lowest BCUT2D eigenvalue weighted by Gasteiger charge is -2.36. The van der Waals surface area contributed by atoms with Gasteiger partial charge in [0, 0.05) is 31.9 Å². The third-order valence-electron chi connectivity index (χ3n) is 4.02. The van der Waals surface area contributed by atoms with Crippen molar-refractivity contribution in [3.8, 4) is 5.75 Å². The number of benzene rings is 2. The fourth-order valence-corrected chi connectivity index (χ4v) is 2.77. The lowest BCUT2D eigenvalue weighted by molar-refractivity contribution is 0.208. The van der Waals surface area contributed by atoms with E-state index in [9.17, 15) is 4.79 Å². The SMILES string of the molecule is COc1ccccc1N1CCN(C(=O)Nc2ccccc2)CC1. The first kappa shape index (κ1) is 15.2. The minimum Gasteiger partial charge on any atom is -0.495 e. The molecule has 5 nitrogen and oxygen atoms in total. The Morgan fingerprint density at radius 2 is 1.61 bits per heavy atom. The molecule has 0 unspecified atom stereocenters. The standard InChI is InChI=1S/C18H21N3O2/c1-23-17-10-6-5-9-16(17)20-11-13-21(14-12-20)18(22)19-15-7-3-2-4-8-15/h2-10H,11-14H2,1H3,(H,19,22). The van der Waals surface area contributed by atoms with E-state index in [4.69, 9.17) is 4.74 Å². The predicted molar refractivity (Wildman–Crippen MR) is 92.2 cm³/mol. The minimum absolute atomic E-state index is 0.0455. The highest BCUT2D eigenvalue weighted by molar-refractivity contribution is 5.89. The lowest BCUT2D eigenvalue weighted by atomic mass is 10.2. The number of nitrogens with one attached hydrogen (secondary N) is 1. The van der Waals surface area contributed by atoms with Gasteiger partial charge in [-0.25, -0.2) is 4.79 Å². The van der Waals surface area contributed by atoms with E-state index in [1.54, 1.807) is 7.11 Å². The molecule has 1 N–H and O–H groups in total. The Bertz CT molecular complexity index is 652. The molecule has 1 saturated heterocycles. The van der Waals surface area contributed by atoms with Gasteiger partial charge >= 0.3 is 6.03 Å². The van der Waals surface area contributed by atoms with Gasteiger partial charge in [0.05, 0.1) is 12.8 Å². The number of para-hydroxylation sites is 3. The molecule has 0 spiro atoms. The second-order valence-electron chi connectivity index (χ2n) is 5.44. The number of urea groups is 1. The normalized spacial score (nSPS) is 14.5. The molecule has 23 heavy (non-hydrogen) atoms. The summed E-state index contributed by atoms with van der Waals surface area (Å²) in [6.45, 7) is 2.97. The van der Waals surface area contributed by atoms with E-state index in [2.05, 4.69) is 16.3 Å². The molecule has 2 aromatic rings. The van der Waals surface area contributed by atoms with Crippen LogP contribution in [0.25, 0.3) is 0 Å². The Morgan fingerprint density at radius 3 is 2.30 bits per heavy atom. The van der Waals surface area contributed by atoms with Crippen LogP contribution in [-0.4, -0.2) is 44.2 Å². The van der Waals surface area contributed by atoms with Gasteiger partial charge in [-0.1, -0.05) is 30.3 Å². The van der Waals surface area contributed by atoms with Crippen molar-refractivity contribution < 1.29 is 9.53 Å². The number of carbonyl (C=O) groups is 1. The van der Waals surface area contributed by atoms with Gasteiger partial charge in [0.2, 0.25) is 0 Å². The number of rotatable bonds is 3. The van der Waals surface area contributed by atoms with E-state index >= 15 is 0 Å². The molecule has 1 heterocycles. The number of anilines is 2. The van der Waals surface area contributed by atoms with Crippen molar-refractivity contribution >= 4 is 17.4 Å². The van der Waals surface area contributed by atoms with Crippen LogP contribution in [-0.2, 0) is 0 Å². The molecule has 0 saturated carbocycles. The molecule has 0 bridgehead atoms. The molecule has 0 atom stereocenters. The van der Waals surface area contributed by atoms with E-state index < -0.39 is 0 Å². The zero-order valence-corrected chi connectivity index (χ0v) is 13.2. The summed E-state index contributed by atoms with van der Waals surface area (Å²) in [6.07, 6.45) is 0. The summed E-state index contributed by atoms with van der Waals surface area (Å²) in [5, 5.41) is 2.93. The number of nitrogens with zero attached hydrogens (tertiary/aromatic N) is 2. The minimum atomic E-state index is -0.0455. The van der Waals surface area contributed by atoms with Gasteiger partial charge in [-0.15, -0.1) is 0 Å². The summed E-state index contributed by atoms with van der Waals surface area (Å²) in [6, 6.07) is 17.5. The molecule has 3 rings (SSSR count). The first-order chi connectivity index (χ1) is 11.3. The van der Waals surface area contributed by atoms with Crippen LogP contribution in [0.4, 0.5) is 16.2 Å². The van der Waals surface area contributed by atoms with E-state index in [1.807, 2.05) is 53.4 Å². The molecule has 120 valence electrons. The molecule has 1 aliphatic rings. The van der Waals surface area contributed by atoms with Gasteiger partial charge in [-0.3, -0.25) is 0 Å². The van der Waals surface area contributed by atoms with Crippen molar-refractivity contribution in [1.29, 1.82) is 0 Å².